The lowest BCUT2D eigenvalue weighted by Crippen LogP contribution is -2.26. The second-order valence-electron chi connectivity index (χ2n) is 2.59. The van der Waals surface area contributed by atoms with E-state index in [4.69, 9.17) is 0 Å². The molecule has 0 aromatic carbocycles. The van der Waals surface area contributed by atoms with Crippen molar-refractivity contribution >= 4 is 6.08 Å². The standard InChI is InChI=1S/C8H13N3/c1-5-8-6-9-7(2)11(8)10(3)4/h5-6H,1H2,2-4H3. The maximum Gasteiger partial charge on any atom is 0.125 e. The van der Waals surface area contributed by atoms with Crippen LogP contribution >= 0.6 is 0 Å². The van der Waals surface area contributed by atoms with Gasteiger partial charge in [0.05, 0.1) is 11.9 Å². The summed E-state index contributed by atoms with van der Waals surface area (Å²) in [7, 11) is 3.95. The zero-order valence-corrected chi connectivity index (χ0v) is 7.20. The first-order chi connectivity index (χ1) is 5.16. The van der Waals surface area contributed by atoms with Crippen molar-refractivity contribution in [1.82, 2.24) is 9.66 Å². The van der Waals surface area contributed by atoms with E-state index in [1.54, 1.807) is 6.08 Å². The zero-order chi connectivity index (χ0) is 8.43. The third-order valence-corrected chi connectivity index (χ3v) is 1.54. The molecule has 0 radical (unpaired) electrons. The van der Waals surface area contributed by atoms with E-state index in [-0.39, 0.29) is 0 Å². The van der Waals surface area contributed by atoms with E-state index >= 15 is 0 Å². The van der Waals surface area contributed by atoms with Crippen molar-refractivity contribution in [2.45, 2.75) is 6.92 Å². The Balaban J connectivity index is 3.17. The Morgan fingerprint density at radius 1 is 1.64 bits per heavy atom. The van der Waals surface area contributed by atoms with Crippen LogP contribution in [0.2, 0.25) is 0 Å². The molecule has 1 aromatic rings. The molecule has 0 amide bonds. The first kappa shape index (κ1) is 7.85. The van der Waals surface area contributed by atoms with Crippen LogP contribution in [0.1, 0.15) is 11.5 Å². The van der Waals surface area contributed by atoms with Crippen LogP contribution in [0.15, 0.2) is 12.8 Å². The highest BCUT2D eigenvalue weighted by molar-refractivity contribution is 5.42. The van der Waals surface area contributed by atoms with E-state index in [1.165, 1.54) is 0 Å². The molecule has 3 nitrogen and oxygen atoms in total. The van der Waals surface area contributed by atoms with Gasteiger partial charge in [0, 0.05) is 14.1 Å². The van der Waals surface area contributed by atoms with Crippen LogP contribution in [0.25, 0.3) is 6.08 Å². The second-order valence-corrected chi connectivity index (χ2v) is 2.59. The molecule has 11 heavy (non-hydrogen) atoms. The average Bonchev–Trinajstić information content (AvgIpc) is 2.30. The van der Waals surface area contributed by atoms with E-state index in [9.17, 15) is 0 Å². The molecule has 0 unspecified atom stereocenters. The molecule has 0 bridgehead atoms. The Morgan fingerprint density at radius 3 is 2.64 bits per heavy atom. The molecular formula is C8H13N3. The minimum Gasteiger partial charge on any atom is -0.317 e. The number of hydrogen-bond donors (Lipinski definition) is 0. The monoisotopic (exact) mass is 151 g/mol. The molecule has 0 N–H and O–H groups in total. The van der Waals surface area contributed by atoms with Gasteiger partial charge < -0.3 is 5.01 Å². The largest absolute Gasteiger partial charge is 0.317 e. The summed E-state index contributed by atoms with van der Waals surface area (Å²) in [5, 5.41) is 1.97. The highest BCUT2D eigenvalue weighted by Gasteiger charge is 2.03. The van der Waals surface area contributed by atoms with Gasteiger partial charge in [-0.2, -0.15) is 0 Å². The SMILES string of the molecule is C=Cc1cnc(C)n1N(C)C. The Morgan fingerprint density at radius 2 is 2.27 bits per heavy atom. The van der Waals surface area contributed by atoms with Crippen LogP contribution in [0, 0.1) is 6.92 Å². The molecule has 0 fully saturated rings. The minimum absolute atomic E-state index is 0.977. The first-order valence-electron chi connectivity index (χ1n) is 3.51. The maximum atomic E-state index is 4.16. The highest BCUT2D eigenvalue weighted by Crippen LogP contribution is 2.04. The number of aromatic nitrogens is 2. The fourth-order valence-electron chi connectivity index (χ4n) is 1.12. The molecular weight excluding hydrogens is 138 g/mol. The normalized spacial score (nSPS) is 9.73. The van der Waals surface area contributed by atoms with E-state index in [0.29, 0.717) is 0 Å². The Labute approximate surface area is 66.9 Å². The van der Waals surface area contributed by atoms with Crippen LogP contribution in [0.3, 0.4) is 0 Å². The number of nitrogens with zero attached hydrogens (tertiary/aromatic N) is 3. The first-order valence-corrected chi connectivity index (χ1v) is 3.51. The van der Waals surface area contributed by atoms with Gasteiger partial charge in [0.25, 0.3) is 0 Å². The molecule has 0 spiro atoms. The molecule has 0 aliphatic heterocycles. The van der Waals surface area contributed by atoms with Crippen LogP contribution in [0.5, 0.6) is 0 Å². The fraction of sp³-hybridized carbons (Fsp3) is 0.375. The van der Waals surface area contributed by atoms with Gasteiger partial charge in [0.2, 0.25) is 0 Å². The van der Waals surface area contributed by atoms with E-state index in [2.05, 4.69) is 11.6 Å². The molecule has 3 heteroatoms. The topological polar surface area (TPSA) is 21.1 Å². The smallest absolute Gasteiger partial charge is 0.125 e. The quantitative estimate of drug-likeness (QED) is 0.629. The molecule has 1 aromatic heterocycles. The van der Waals surface area contributed by atoms with Crippen LogP contribution in [0.4, 0.5) is 0 Å². The lowest BCUT2D eigenvalue weighted by Gasteiger charge is -2.17. The van der Waals surface area contributed by atoms with Crippen LogP contribution < -0.4 is 5.01 Å². The van der Waals surface area contributed by atoms with Gasteiger partial charge in [-0.1, -0.05) is 6.58 Å². The third-order valence-electron chi connectivity index (χ3n) is 1.54. The van der Waals surface area contributed by atoms with Crippen LogP contribution in [-0.4, -0.2) is 23.8 Å². The maximum absolute atomic E-state index is 4.16. The Bertz CT molecular complexity index is 260. The summed E-state index contributed by atoms with van der Waals surface area (Å²) in [6.45, 7) is 5.67. The number of hydrogen-bond acceptors (Lipinski definition) is 2. The summed E-state index contributed by atoms with van der Waals surface area (Å²) in [5.74, 6) is 0.977. The molecule has 0 aliphatic rings. The van der Waals surface area contributed by atoms with Crippen molar-refractivity contribution in [3.63, 3.8) is 0 Å². The van der Waals surface area contributed by atoms with Crippen molar-refractivity contribution in [2.75, 3.05) is 19.1 Å². The van der Waals surface area contributed by atoms with Crippen molar-refractivity contribution in [3.05, 3.63) is 24.3 Å². The molecule has 0 saturated carbocycles. The van der Waals surface area contributed by atoms with Gasteiger partial charge in [-0.05, 0) is 13.0 Å². The molecule has 0 saturated heterocycles. The summed E-state index contributed by atoms with van der Waals surface area (Å²) < 4.78 is 1.99. The van der Waals surface area contributed by atoms with E-state index in [0.717, 1.165) is 11.5 Å². The van der Waals surface area contributed by atoms with E-state index < -0.39 is 0 Å². The molecule has 60 valence electrons. The fourth-order valence-corrected chi connectivity index (χ4v) is 1.12. The highest BCUT2D eigenvalue weighted by atomic mass is 15.5. The van der Waals surface area contributed by atoms with E-state index in [1.807, 2.05) is 36.9 Å². The summed E-state index contributed by atoms with van der Waals surface area (Å²) >= 11 is 0. The Hall–Kier alpha value is -1.25. The third kappa shape index (κ3) is 1.27. The minimum atomic E-state index is 0.977. The van der Waals surface area contributed by atoms with Gasteiger partial charge >= 0.3 is 0 Å². The van der Waals surface area contributed by atoms with Gasteiger partial charge in [0.15, 0.2) is 0 Å². The molecule has 0 atom stereocenters. The number of aryl methyl sites for hydroxylation is 1. The lowest BCUT2D eigenvalue weighted by atomic mass is 10.5. The molecule has 1 rings (SSSR count). The number of imidazole rings is 1. The zero-order valence-electron chi connectivity index (χ0n) is 7.20. The van der Waals surface area contributed by atoms with Crippen molar-refractivity contribution in [2.24, 2.45) is 0 Å². The van der Waals surface area contributed by atoms with Crippen LogP contribution in [-0.2, 0) is 0 Å². The average molecular weight is 151 g/mol. The van der Waals surface area contributed by atoms with Crippen molar-refractivity contribution < 1.29 is 0 Å². The van der Waals surface area contributed by atoms with Gasteiger partial charge in [0.1, 0.15) is 5.82 Å². The second kappa shape index (κ2) is 2.78. The Kier molecular flexibility index (Phi) is 1.98. The van der Waals surface area contributed by atoms with Crippen molar-refractivity contribution in [3.8, 4) is 0 Å². The molecule has 1 heterocycles. The molecule has 0 aliphatic carbocycles. The predicted octanol–water partition coefficient (Wildman–Crippen LogP) is 1.03. The predicted molar refractivity (Wildman–Crippen MR) is 47.1 cm³/mol. The number of rotatable bonds is 2. The summed E-state index contributed by atoms with van der Waals surface area (Å²) in [5.41, 5.74) is 1.02. The van der Waals surface area contributed by atoms with Gasteiger partial charge in [-0.25, -0.2) is 9.66 Å². The van der Waals surface area contributed by atoms with Gasteiger partial charge in [-0.15, -0.1) is 0 Å². The summed E-state index contributed by atoms with van der Waals surface area (Å²) in [6.07, 6.45) is 3.60. The van der Waals surface area contributed by atoms with Crippen molar-refractivity contribution in [1.29, 1.82) is 0 Å². The van der Waals surface area contributed by atoms with Gasteiger partial charge in [-0.3, -0.25) is 0 Å². The lowest BCUT2D eigenvalue weighted by molar-refractivity contribution is 0.698. The summed E-state index contributed by atoms with van der Waals surface area (Å²) in [6, 6.07) is 0. The summed E-state index contributed by atoms with van der Waals surface area (Å²) in [4.78, 5) is 4.16.